The van der Waals surface area contributed by atoms with Gasteiger partial charge in [-0.2, -0.15) is 0 Å². The van der Waals surface area contributed by atoms with Gasteiger partial charge in [0.25, 0.3) is 0 Å². The molecule has 0 aliphatic heterocycles. The molecule has 86 heavy (non-hydrogen) atoms. The lowest BCUT2D eigenvalue weighted by atomic mass is 9.83. The second-order valence-corrected chi connectivity index (χ2v) is 28.9. The first-order valence-corrected chi connectivity index (χ1v) is 36.0. The van der Waals surface area contributed by atoms with Crippen molar-refractivity contribution in [2.75, 3.05) is 6.61 Å². The van der Waals surface area contributed by atoms with Gasteiger partial charge in [0.2, 0.25) is 0 Å². The third kappa shape index (κ3) is 42.4. The summed E-state index contributed by atoms with van der Waals surface area (Å²) >= 11 is 0. The summed E-state index contributed by atoms with van der Waals surface area (Å²) in [6.45, 7) is 60.6. The lowest BCUT2D eigenvalue weighted by Crippen LogP contribution is -2.38. The lowest BCUT2D eigenvalue weighted by Gasteiger charge is -2.34. The number of carbonyl (C=O) groups is 5. The summed E-state index contributed by atoms with van der Waals surface area (Å²) in [7, 11) is 0. The van der Waals surface area contributed by atoms with Crippen LogP contribution in [0.3, 0.4) is 0 Å². The van der Waals surface area contributed by atoms with Gasteiger partial charge < -0.3 is 23.7 Å². The SMILES string of the molecule is CCC(C)(C)C(=O)OC(C(C)C)C(C)C.CCC(CC)C(OC(=O)C(C)(C)CC)C(CC)CC.CCCCC(CC)COC(=O)C(C)(C)CC.CCCCCC(CCCCC)OC(=O)C(C)(C)CC.CCCCCCC(CC)OC(=O)C(C)(C)CC. The minimum absolute atomic E-state index is 0.0204. The van der Waals surface area contributed by atoms with Gasteiger partial charge in [-0.05, 0) is 208 Å². The van der Waals surface area contributed by atoms with Crippen LogP contribution < -0.4 is 0 Å². The molecule has 0 spiro atoms. The van der Waals surface area contributed by atoms with Crippen LogP contribution in [0.15, 0.2) is 0 Å². The average Bonchev–Trinajstić information content (AvgIpc) is 3.65. The van der Waals surface area contributed by atoms with E-state index >= 15 is 0 Å². The van der Waals surface area contributed by atoms with Crippen molar-refractivity contribution < 1.29 is 47.7 Å². The zero-order valence-electron chi connectivity index (χ0n) is 63.1. The van der Waals surface area contributed by atoms with Crippen LogP contribution >= 0.6 is 0 Å². The molecule has 10 heteroatoms. The summed E-state index contributed by atoms with van der Waals surface area (Å²) in [5, 5.41) is 0. The van der Waals surface area contributed by atoms with Crippen LogP contribution in [0.4, 0.5) is 0 Å². The molecule has 0 heterocycles. The van der Waals surface area contributed by atoms with Crippen LogP contribution in [0.25, 0.3) is 0 Å². The minimum atomic E-state index is -0.365. The van der Waals surface area contributed by atoms with Crippen molar-refractivity contribution in [3.05, 3.63) is 0 Å². The zero-order valence-corrected chi connectivity index (χ0v) is 63.1. The van der Waals surface area contributed by atoms with E-state index in [4.69, 9.17) is 23.7 Å². The second-order valence-electron chi connectivity index (χ2n) is 28.9. The van der Waals surface area contributed by atoms with Crippen LogP contribution in [-0.2, 0) is 47.7 Å². The Morgan fingerprint density at radius 1 is 0.302 bits per heavy atom. The molecule has 2 unspecified atom stereocenters. The van der Waals surface area contributed by atoms with Crippen LogP contribution in [0.1, 0.15) is 374 Å². The predicted octanol–water partition coefficient (Wildman–Crippen LogP) is 23.2. The van der Waals surface area contributed by atoms with E-state index in [9.17, 15) is 24.0 Å². The average molecular weight is 1230 g/mol. The molecule has 0 aromatic rings. The van der Waals surface area contributed by atoms with Gasteiger partial charge in [0.15, 0.2) is 0 Å². The van der Waals surface area contributed by atoms with E-state index < -0.39 is 0 Å². The van der Waals surface area contributed by atoms with E-state index in [0.717, 1.165) is 89.9 Å². The zero-order chi connectivity index (χ0) is 67.9. The maximum Gasteiger partial charge on any atom is 0.311 e. The lowest BCUT2D eigenvalue weighted by molar-refractivity contribution is -0.167. The van der Waals surface area contributed by atoms with E-state index in [0.29, 0.717) is 36.2 Å². The fourth-order valence-corrected chi connectivity index (χ4v) is 8.97. The van der Waals surface area contributed by atoms with E-state index in [1.807, 2.05) is 104 Å². The van der Waals surface area contributed by atoms with E-state index in [1.165, 1.54) is 83.5 Å². The van der Waals surface area contributed by atoms with Gasteiger partial charge in [-0.25, -0.2) is 0 Å². The molecular formula is C76H152O10. The highest BCUT2D eigenvalue weighted by molar-refractivity contribution is 5.77. The number of rotatable bonds is 42. The topological polar surface area (TPSA) is 132 Å². The Balaban J connectivity index is -0.000000319. The molecule has 0 amide bonds. The molecular weight excluding hydrogens is 1070 g/mol. The molecule has 0 saturated carbocycles. The number of unbranched alkanes of at least 4 members (excludes halogenated alkanes) is 8. The van der Waals surface area contributed by atoms with Crippen molar-refractivity contribution in [2.45, 2.75) is 399 Å². The maximum atomic E-state index is 12.4. The summed E-state index contributed by atoms with van der Waals surface area (Å²) < 4.78 is 28.3. The Morgan fingerprint density at radius 2 is 0.593 bits per heavy atom. The van der Waals surface area contributed by atoms with Crippen LogP contribution in [0, 0.1) is 56.7 Å². The molecule has 0 N–H and O–H groups in total. The number of ether oxygens (including phenoxy) is 5. The molecule has 516 valence electrons. The Hall–Kier alpha value is -2.65. The number of esters is 5. The first-order chi connectivity index (χ1) is 40.0. The molecule has 0 aromatic heterocycles. The van der Waals surface area contributed by atoms with Gasteiger partial charge in [-0.1, -0.05) is 196 Å². The third-order valence-electron chi connectivity index (χ3n) is 18.6. The highest BCUT2D eigenvalue weighted by Gasteiger charge is 2.36. The first-order valence-electron chi connectivity index (χ1n) is 36.0. The normalized spacial score (nSPS) is 12.8. The van der Waals surface area contributed by atoms with Crippen molar-refractivity contribution in [1.82, 2.24) is 0 Å². The molecule has 2 atom stereocenters. The van der Waals surface area contributed by atoms with E-state index in [2.05, 4.69) is 96.9 Å². The quantitative estimate of drug-likeness (QED) is 0.0331. The Kier molecular flexibility index (Phi) is 55.7. The molecule has 0 aliphatic carbocycles. The van der Waals surface area contributed by atoms with Crippen molar-refractivity contribution in [3.63, 3.8) is 0 Å². The fraction of sp³-hybridized carbons (Fsp3) is 0.934. The number of hydrogen-bond acceptors (Lipinski definition) is 10. The number of hydrogen-bond donors (Lipinski definition) is 0. The summed E-state index contributed by atoms with van der Waals surface area (Å²) in [6.07, 6.45) is 29.8. The Morgan fingerprint density at radius 3 is 0.895 bits per heavy atom. The minimum Gasteiger partial charge on any atom is -0.465 e. The van der Waals surface area contributed by atoms with Crippen molar-refractivity contribution in [3.8, 4) is 0 Å². The van der Waals surface area contributed by atoms with E-state index in [1.54, 1.807) is 0 Å². The fourth-order valence-electron chi connectivity index (χ4n) is 8.97. The van der Waals surface area contributed by atoms with Gasteiger partial charge in [-0.15, -0.1) is 0 Å². The van der Waals surface area contributed by atoms with E-state index in [-0.39, 0.29) is 81.3 Å². The van der Waals surface area contributed by atoms with Gasteiger partial charge in [0.1, 0.15) is 24.4 Å². The number of carbonyl (C=O) groups excluding carboxylic acids is 5. The summed E-state index contributed by atoms with van der Waals surface area (Å²) in [4.78, 5) is 60.1. The van der Waals surface area contributed by atoms with Gasteiger partial charge in [0.05, 0.1) is 33.7 Å². The van der Waals surface area contributed by atoms with Crippen LogP contribution in [0.5, 0.6) is 0 Å². The molecule has 0 aromatic carbocycles. The Labute approximate surface area is 537 Å². The highest BCUT2D eigenvalue weighted by atomic mass is 16.6. The molecule has 0 saturated heterocycles. The standard InChI is InChI=1S/2C17H34O2.C15H30O2.C14H28O2.C13H26O2/c1-8-13(9-2)15(14(10-3)11-4)19-16(18)17(6,7)12-5;1-6-9-11-13-15(14-12-10-7-2)19-16(18)17(4,5)8-3;1-6-9-10-11-12-13(7-2)17-14(16)15(4,5)8-3;1-6-9-10-12(7-2)11-16-13(15)14(4,5)8-3;1-8-13(6,7)12(14)15-11(9(2)3)10(4)5/h13-15H,8-12H2,1-7H3;15H,6-14H2,1-5H3;13H,6-12H2,1-5H3;12H,6-11H2,1-5H3;9-11H,8H2,1-7H3. The van der Waals surface area contributed by atoms with Crippen LogP contribution in [-0.4, -0.2) is 60.9 Å². The summed E-state index contributed by atoms with van der Waals surface area (Å²) in [6, 6.07) is 0. The molecule has 0 fully saturated rings. The molecule has 10 nitrogen and oxygen atoms in total. The largest absolute Gasteiger partial charge is 0.465 e. The van der Waals surface area contributed by atoms with Crippen molar-refractivity contribution in [1.29, 1.82) is 0 Å². The highest BCUT2D eigenvalue weighted by Crippen LogP contribution is 2.33. The first kappa shape index (κ1) is 92.1. The molecule has 0 radical (unpaired) electrons. The summed E-state index contributed by atoms with van der Waals surface area (Å²) in [5.41, 5.74) is -1.73. The van der Waals surface area contributed by atoms with Gasteiger partial charge >= 0.3 is 29.8 Å². The molecule has 0 bridgehead atoms. The van der Waals surface area contributed by atoms with Gasteiger partial charge in [-0.3, -0.25) is 24.0 Å². The van der Waals surface area contributed by atoms with Gasteiger partial charge in [0, 0.05) is 0 Å². The van der Waals surface area contributed by atoms with Crippen LogP contribution in [0.2, 0.25) is 0 Å². The third-order valence-corrected chi connectivity index (χ3v) is 18.6. The smallest absolute Gasteiger partial charge is 0.311 e. The summed E-state index contributed by atoms with van der Waals surface area (Å²) in [5.74, 6) is 2.05. The predicted molar refractivity (Wildman–Crippen MR) is 369 cm³/mol. The monoisotopic (exact) mass is 1230 g/mol. The van der Waals surface area contributed by atoms with Crippen molar-refractivity contribution >= 4 is 29.8 Å². The molecule has 0 aliphatic rings. The Bertz CT molecular complexity index is 1620. The second kappa shape index (κ2) is 52.0. The maximum absolute atomic E-state index is 12.4. The van der Waals surface area contributed by atoms with Crippen molar-refractivity contribution in [2.24, 2.45) is 56.7 Å². The molecule has 0 rings (SSSR count).